The lowest BCUT2D eigenvalue weighted by molar-refractivity contribution is 0.590. The van der Waals surface area contributed by atoms with Crippen molar-refractivity contribution >= 4 is 34.0 Å². The zero-order valence-corrected chi connectivity index (χ0v) is 18.5. The van der Waals surface area contributed by atoms with Crippen molar-refractivity contribution in [3.8, 4) is 0 Å². The Kier molecular flexibility index (Phi) is 5.61. The molecule has 0 amide bonds. The van der Waals surface area contributed by atoms with E-state index >= 15 is 0 Å². The van der Waals surface area contributed by atoms with Crippen molar-refractivity contribution in [2.45, 2.75) is 43.6 Å². The van der Waals surface area contributed by atoms with Gasteiger partial charge in [-0.2, -0.15) is 0 Å². The first-order valence-corrected chi connectivity index (χ1v) is 11.5. The van der Waals surface area contributed by atoms with Crippen LogP contribution in [0.3, 0.4) is 0 Å². The molecule has 2 aromatic carbocycles. The Labute approximate surface area is 179 Å². The van der Waals surface area contributed by atoms with E-state index in [0.29, 0.717) is 11.9 Å². The number of rotatable bonds is 5. The number of fused-ring (bicyclic) bond motifs is 1. The maximum atomic E-state index is 13.2. The molecule has 0 N–H and O–H groups in total. The van der Waals surface area contributed by atoms with Crippen LogP contribution < -0.4 is 5.56 Å². The highest BCUT2D eigenvalue weighted by molar-refractivity contribution is 7.98. The van der Waals surface area contributed by atoms with Crippen molar-refractivity contribution in [1.29, 1.82) is 0 Å². The van der Waals surface area contributed by atoms with Gasteiger partial charge in [0.2, 0.25) is 0 Å². The molecule has 29 heavy (non-hydrogen) atoms. The van der Waals surface area contributed by atoms with Crippen molar-refractivity contribution in [3.05, 3.63) is 92.4 Å². The minimum Gasteiger partial charge on any atom is -0.282 e. The van der Waals surface area contributed by atoms with Gasteiger partial charge in [-0.3, -0.25) is 9.36 Å². The van der Waals surface area contributed by atoms with E-state index in [0.717, 1.165) is 21.3 Å². The molecular formula is C24H24N2OS2. The van der Waals surface area contributed by atoms with Gasteiger partial charge in [0, 0.05) is 10.6 Å². The van der Waals surface area contributed by atoms with Crippen LogP contribution >= 0.6 is 23.1 Å². The normalized spacial score (nSPS) is 11.8. The van der Waals surface area contributed by atoms with E-state index in [1.54, 1.807) is 23.1 Å². The third kappa shape index (κ3) is 4.46. The quantitative estimate of drug-likeness (QED) is 0.289. The zero-order chi connectivity index (χ0) is 20.4. The lowest BCUT2D eigenvalue weighted by Gasteiger charge is -2.19. The first kappa shape index (κ1) is 19.9. The van der Waals surface area contributed by atoms with Crippen LogP contribution in [0, 0.1) is 0 Å². The highest BCUT2D eigenvalue weighted by Gasteiger charge is 2.14. The third-order valence-electron chi connectivity index (χ3n) is 4.91. The summed E-state index contributed by atoms with van der Waals surface area (Å²) in [7, 11) is 0. The second-order valence-electron chi connectivity index (χ2n) is 8.12. The SMILES string of the molecule is CC(C)(C)c1ccc(CSc2nc3ccccc3c(=O)n2Cc2cccs2)cc1. The molecule has 2 aromatic heterocycles. The van der Waals surface area contributed by atoms with Crippen LogP contribution in [0.4, 0.5) is 0 Å². The third-order valence-corrected chi connectivity index (χ3v) is 6.82. The smallest absolute Gasteiger partial charge is 0.262 e. The van der Waals surface area contributed by atoms with Gasteiger partial charge in [0.05, 0.1) is 17.4 Å². The molecule has 0 bridgehead atoms. The van der Waals surface area contributed by atoms with E-state index in [1.807, 2.05) is 40.3 Å². The molecule has 0 saturated heterocycles. The Bertz CT molecular complexity index is 1170. The number of thioether (sulfide) groups is 1. The second-order valence-corrected chi connectivity index (χ2v) is 10.1. The molecule has 0 radical (unpaired) electrons. The number of hydrogen-bond donors (Lipinski definition) is 0. The molecule has 0 spiro atoms. The van der Waals surface area contributed by atoms with E-state index in [9.17, 15) is 4.79 Å². The summed E-state index contributed by atoms with van der Waals surface area (Å²) in [4.78, 5) is 19.1. The van der Waals surface area contributed by atoms with Gasteiger partial charge in [0.15, 0.2) is 5.16 Å². The molecule has 4 rings (SSSR count). The molecule has 4 aromatic rings. The minimum absolute atomic E-state index is 0.0228. The van der Waals surface area contributed by atoms with Crippen molar-refractivity contribution in [2.24, 2.45) is 0 Å². The summed E-state index contributed by atoms with van der Waals surface area (Å²) in [5, 5.41) is 3.48. The first-order valence-electron chi connectivity index (χ1n) is 9.66. The molecule has 0 aliphatic rings. The van der Waals surface area contributed by atoms with Gasteiger partial charge >= 0.3 is 0 Å². The standard InChI is InChI=1S/C24H24N2OS2/c1-24(2,3)18-12-10-17(11-13-18)16-29-23-25-21-9-5-4-8-20(21)22(27)26(23)15-19-7-6-14-28-19/h4-14H,15-16H2,1-3H3. The van der Waals surface area contributed by atoms with Gasteiger partial charge in [-0.25, -0.2) is 4.98 Å². The Morgan fingerprint density at radius 3 is 2.45 bits per heavy atom. The van der Waals surface area contributed by atoms with Gasteiger partial charge in [-0.15, -0.1) is 11.3 Å². The lowest BCUT2D eigenvalue weighted by Crippen LogP contribution is -2.23. The zero-order valence-electron chi connectivity index (χ0n) is 16.9. The van der Waals surface area contributed by atoms with Crippen LogP contribution in [-0.4, -0.2) is 9.55 Å². The fourth-order valence-corrected chi connectivity index (χ4v) is 4.85. The Hall–Kier alpha value is -2.37. The average molecular weight is 421 g/mol. The molecule has 0 saturated carbocycles. The average Bonchev–Trinajstić information content (AvgIpc) is 3.22. The van der Waals surface area contributed by atoms with Crippen LogP contribution in [0.2, 0.25) is 0 Å². The van der Waals surface area contributed by atoms with Crippen molar-refractivity contribution in [3.63, 3.8) is 0 Å². The van der Waals surface area contributed by atoms with Crippen LogP contribution in [-0.2, 0) is 17.7 Å². The molecule has 0 aliphatic heterocycles. The molecular weight excluding hydrogens is 396 g/mol. The Morgan fingerprint density at radius 1 is 1.00 bits per heavy atom. The van der Waals surface area contributed by atoms with Crippen LogP contribution in [0.25, 0.3) is 10.9 Å². The maximum Gasteiger partial charge on any atom is 0.262 e. The summed E-state index contributed by atoms with van der Waals surface area (Å²) in [6, 6.07) is 20.4. The van der Waals surface area contributed by atoms with Gasteiger partial charge in [0.25, 0.3) is 5.56 Å². The molecule has 3 nitrogen and oxygen atoms in total. The van der Waals surface area contributed by atoms with Gasteiger partial charge in [-0.1, -0.05) is 75.0 Å². The summed E-state index contributed by atoms with van der Waals surface area (Å²) < 4.78 is 1.81. The molecule has 5 heteroatoms. The predicted molar refractivity (Wildman–Crippen MR) is 124 cm³/mol. The first-order chi connectivity index (χ1) is 13.9. The number of hydrogen-bond acceptors (Lipinski definition) is 4. The van der Waals surface area contributed by atoms with E-state index in [2.05, 4.69) is 51.1 Å². The van der Waals surface area contributed by atoms with E-state index in [-0.39, 0.29) is 11.0 Å². The van der Waals surface area contributed by atoms with Crippen LogP contribution in [0.5, 0.6) is 0 Å². The molecule has 0 fully saturated rings. The number of benzene rings is 2. The number of aromatic nitrogens is 2. The van der Waals surface area contributed by atoms with E-state index in [4.69, 9.17) is 4.98 Å². The summed E-state index contributed by atoms with van der Waals surface area (Å²) in [5.74, 6) is 0.777. The van der Waals surface area contributed by atoms with Crippen LogP contribution in [0.1, 0.15) is 36.8 Å². The number of para-hydroxylation sites is 1. The summed E-state index contributed by atoms with van der Waals surface area (Å²) in [6.07, 6.45) is 0. The monoisotopic (exact) mass is 420 g/mol. The Balaban J connectivity index is 1.66. The van der Waals surface area contributed by atoms with Crippen molar-refractivity contribution in [1.82, 2.24) is 9.55 Å². The summed E-state index contributed by atoms with van der Waals surface area (Å²) >= 11 is 3.28. The maximum absolute atomic E-state index is 13.2. The van der Waals surface area contributed by atoms with Crippen molar-refractivity contribution < 1.29 is 0 Å². The van der Waals surface area contributed by atoms with Gasteiger partial charge in [-0.05, 0) is 40.1 Å². The second kappa shape index (κ2) is 8.17. The highest BCUT2D eigenvalue weighted by atomic mass is 32.2. The molecule has 148 valence electrons. The highest BCUT2D eigenvalue weighted by Crippen LogP contribution is 2.26. The van der Waals surface area contributed by atoms with E-state index < -0.39 is 0 Å². The lowest BCUT2D eigenvalue weighted by atomic mass is 9.87. The van der Waals surface area contributed by atoms with Crippen LogP contribution in [0.15, 0.2) is 76.0 Å². The fourth-order valence-electron chi connectivity index (χ4n) is 3.20. The Morgan fingerprint density at radius 2 is 1.76 bits per heavy atom. The molecule has 0 atom stereocenters. The van der Waals surface area contributed by atoms with E-state index in [1.165, 1.54) is 11.1 Å². The molecule has 0 aliphatic carbocycles. The largest absolute Gasteiger partial charge is 0.282 e. The molecule has 0 unspecified atom stereocenters. The fraction of sp³-hybridized carbons (Fsp3) is 0.250. The number of nitrogens with zero attached hydrogens (tertiary/aromatic N) is 2. The minimum atomic E-state index is 0.0228. The van der Waals surface area contributed by atoms with Gasteiger partial charge in [0.1, 0.15) is 0 Å². The van der Waals surface area contributed by atoms with Crippen molar-refractivity contribution in [2.75, 3.05) is 0 Å². The molecule has 2 heterocycles. The predicted octanol–water partition coefficient (Wildman–Crippen LogP) is 6.10. The summed E-state index contributed by atoms with van der Waals surface area (Å²) in [6.45, 7) is 7.22. The topological polar surface area (TPSA) is 34.9 Å². The number of thiophene rings is 1. The van der Waals surface area contributed by atoms with Gasteiger partial charge < -0.3 is 0 Å². The summed E-state index contributed by atoms with van der Waals surface area (Å²) in [5.41, 5.74) is 3.48.